The number of aromatic amines is 1. The van der Waals surface area contributed by atoms with Gasteiger partial charge in [0.25, 0.3) is 5.19 Å². The average molecular weight is 211 g/mol. The molecule has 0 saturated carbocycles. The van der Waals surface area contributed by atoms with E-state index in [9.17, 15) is 5.11 Å². The lowest BCUT2D eigenvalue weighted by molar-refractivity contribution is 0.214. The summed E-state index contributed by atoms with van der Waals surface area (Å²) in [6.45, 7) is 0. The van der Waals surface area contributed by atoms with Crippen molar-refractivity contribution in [3.63, 3.8) is 0 Å². The molecular weight excluding hydrogens is 202 g/mol. The maximum absolute atomic E-state index is 9.81. The van der Waals surface area contributed by atoms with Gasteiger partial charge in [0.2, 0.25) is 0 Å². The third-order valence-electron chi connectivity index (χ3n) is 1.72. The van der Waals surface area contributed by atoms with Gasteiger partial charge in [-0.1, -0.05) is 11.3 Å². The van der Waals surface area contributed by atoms with Crippen molar-refractivity contribution in [2.75, 3.05) is 7.11 Å². The van der Waals surface area contributed by atoms with Crippen molar-refractivity contribution in [2.45, 2.75) is 6.10 Å². The van der Waals surface area contributed by atoms with Gasteiger partial charge < -0.3 is 14.8 Å². The zero-order valence-corrected chi connectivity index (χ0v) is 8.28. The Morgan fingerprint density at radius 1 is 1.57 bits per heavy atom. The van der Waals surface area contributed by atoms with E-state index in [1.54, 1.807) is 25.7 Å². The first-order valence-electron chi connectivity index (χ1n) is 3.98. The number of aliphatic hydroxyl groups excluding tert-OH is 1. The highest BCUT2D eigenvalue weighted by molar-refractivity contribution is 7.13. The maximum atomic E-state index is 9.81. The lowest BCUT2D eigenvalue weighted by atomic mass is 10.3. The lowest BCUT2D eigenvalue weighted by Gasteiger charge is -2.02. The zero-order chi connectivity index (χ0) is 9.97. The number of rotatable bonds is 3. The lowest BCUT2D eigenvalue weighted by Crippen LogP contribution is -1.98. The normalized spacial score (nSPS) is 12.7. The van der Waals surface area contributed by atoms with Crippen molar-refractivity contribution in [2.24, 2.45) is 0 Å². The Labute approximate surface area is 84.4 Å². The molecule has 2 heterocycles. The number of nitrogens with zero attached hydrogens (tertiary/aromatic N) is 2. The van der Waals surface area contributed by atoms with E-state index in [4.69, 9.17) is 4.74 Å². The summed E-state index contributed by atoms with van der Waals surface area (Å²) in [6.07, 6.45) is 4.08. The maximum Gasteiger partial charge on any atom is 0.273 e. The molecule has 2 aromatic rings. The number of nitrogens with one attached hydrogen (secondary N) is 1. The number of ether oxygens (including phenoxy) is 1. The van der Waals surface area contributed by atoms with Crippen molar-refractivity contribution < 1.29 is 9.84 Å². The van der Waals surface area contributed by atoms with Crippen LogP contribution in [0.1, 0.15) is 16.8 Å². The number of hydrogen-bond acceptors (Lipinski definition) is 5. The third kappa shape index (κ3) is 1.61. The van der Waals surface area contributed by atoms with Crippen LogP contribution in [0.5, 0.6) is 5.19 Å². The summed E-state index contributed by atoms with van der Waals surface area (Å²) in [4.78, 5) is 11.5. The van der Waals surface area contributed by atoms with E-state index in [1.807, 2.05) is 0 Å². The first kappa shape index (κ1) is 9.17. The second kappa shape index (κ2) is 3.77. The number of imidazole rings is 1. The molecule has 0 fully saturated rings. The molecule has 74 valence electrons. The fourth-order valence-corrected chi connectivity index (χ4v) is 1.77. The molecule has 2 N–H and O–H groups in total. The van der Waals surface area contributed by atoms with Crippen LogP contribution >= 0.6 is 11.3 Å². The Morgan fingerprint density at radius 2 is 2.43 bits per heavy atom. The van der Waals surface area contributed by atoms with Crippen LogP contribution in [0.2, 0.25) is 0 Å². The molecule has 5 nitrogen and oxygen atoms in total. The fraction of sp³-hybridized carbons (Fsp3) is 0.250. The van der Waals surface area contributed by atoms with Crippen molar-refractivity contribution >= 4 is 11.3 Å². The minimum absolute atomic E-state index is 0.510. The smallest absolute Gasteiger partial charge is 0.273 e. The Morgan fingerprint density at radius 3 is 3.00 bits per heavy atom. The molecule has 0 spiro atoms. The first-order valence-corrected chi connectivity index (χ1v) is 4.80. The van der Waals surface area contributed by atoms with E-state index >= 15 is 0 Å². The second-order valence-corrected chi connectivity index (χ2v) is 3.63. The van der Waals surface area contributed by atoms with Crippen LogP contribution in [0.3, 0.4) is 0 Å². The van der Waals surface area contributed by atoms with Crippen LogP contribution in [0.15, 0.2) is 18.6 Å². The summed E-state index contributed by atoms with van der Waals surface area (Å²) in [5.74, 6) is 0.510. The highest BCUT2D eigenvalue weighted by atomic mass is 32.1. The van der Waals surface area contributed by atoms with Gasteiger partial charge in [-0.05, 0) is 0 Å². The van der Waals surface area contributed by atoms with Gasteiger partial charge in [-0.25, -0.2) is 9.97 Å². The fourth-order valence-electron chi connectivity index (χ4n) is 1.05. The predicted octanol–water partition coefficient (Wildman–Crippen LogP) is 0.956. The SMILES string of the molecule is COc1ncc(C(O)c2ncc[nH]2)s1. The molecule has 0 aliphatic heterocycles. The Kier molecular flexibility index (Phi) is 2.47. The Balaban J connectivity index is 2.23. The molecule has 0 aliphatic carbocycles. The summed E-state index contributed by atoms with van der Waals surface area (Å²) < 4.78 is 4.93. The molecule has 2 rings (SSSR count). The van der Waals surface area contributed by atoms with Crippen molar-refractivity contribution in [3.05, 3.63) is 29.3 Å². The highest BCUT2D eigenvalue weighted by Gasteiger charge is 2.15. The largest absolute Gasteiger partial charge is 0.473 e. The standard InChI is InChI=1S/C8H9N3O2S/c1-13-8-11-4-5(14-8)6(12)7-9-2-3-10-7/h2-4,6,12H,1H3,(H,9,10). The molecule has 0 saturated heterocycles. The molecule has 0 aromatic carbocycles. The number of aliphatic hydroxyl groups is 1. The summed E-state index contributed by atoms with van der Waals surface area (Å²) in [6, 6.07) is 0. The summed E-state index contributed by atoms with van der Waals surface area (Å²) >= 11 is 1.30. The summed E-state index contributed by atoms with van der Waals surface area (Å²) in [5.41, 5.74) is 0. The van der Waals surface area contributed by atoms with Gasteiger partial charge >= 0.3 is 0 Å². The third-order valence-corrected chi connectivity index (χ3v) is 2.74. The number of hydrogen-bond donors (Lipinski definition) is 2. The van der Waals surface area contributed by atoms with Gasteiger partial charge in [0.05, 0.1) is 12.0 Å². The second-order valence-electron chi connectivity index (χ2n) is 2.61. The molecule has 0 bridgehead atoms. The Hall–Kier alpha value is -1.40. The molecule has 14 heavy (non-hydrogen) atoms. The first-order chi connectivity index (χ1) is 6.81. The van der Waals surface area contributed by atoms with Crippen molar-refractivity contribution in [3.8, 4) is 5.19 Å². The molecule has 0 aliphatic rings. The van der Waals surface area contributed by atoms with Gasteiger partial charge in [0, 0.05) is 18.6 Å². The number of H-pyrrole nitrogens is 1. The quantitative estimate of drug-likeness (QED) is 0.793. The summed E-state index contributed by atoms with van der Waals surface area (Å²) in [7, 11) is 1.54. The van der Waals surface area contributed by atoms with E-state index in [-0.39, 0.29) is 0 Å². The van der Waals surface area contributed by atoms with E-state index in [1.165, 1.54) is 11.3 Å². The number of thiazole rings is 1. The predicted molar refractivity (Wildman–Crippen MR) is 51.3 cm³/mol. The molecule has 1 atom stereocenters. The van der Waals surface area contributed by atoms with E-state index in [0.29, 0.717) is 15.9 Å². The van der Waals surface area contributed by atoms with Gasteiger partial charge in [-0.3, -0.25) is 0 Å². The monoisotopic (exact) mass is 211 g/mol. The topological polar surface area (TPSA) is 71.0 Å². The van der Waals surface area contributed by atoms with Gasteiger partial charge in [-0.2, -0.15) is 0 Å². The average Bonchev–Trinajstić information content (AvgIpc) is 2.88. The van der Waals surface area contributed by atoms with Gasteiger partial charge in [0.15, 0.2) is 0 Å². The zero-order valence-electron chi connectivity index (χ0n) is 7.47. The highest BCUT2D eigenvalue weighted by Crippen LogP contribution is 2.28. The number of aromatic nitrogens is 3. The van der Waals surface area contributed by atoms with Crippen LogP contribution in [0.25, 0.3) is 0 Å². The van der Waals surface area contributed by atoms with Gasteiger partial charge in [0.1, 0.15) is 11.9 Å². The Bertz CT molecular complexity index is 398. The van der Waals surface area contributed by atoms with E-state index < -0.39 is 6.10 Å². The van der Waals surface area contributed by atoms with Crippen LogP contribution < -0.4 is 4.74 Å². The minimum atomic E-state index is -0.758. The number of methoxy groups -OCH3 is 1. The molecule has 2 aromatic heterocycles. The van der Waals surface area contributed by atoms with Crippen LogP contribution in [-0.4, -0.2) is 27.2 Å². The minimum Gasteiger partial charge on any atom is -0.473 e. The molecular formula is C8H9N3O2S. The van der Waals surface area contributed by atoms with Crippen LogP contribution in [0, 0.1) is 0 Å². The summed E-state index contributed by atoms with van der Waals surface area (Å²) in [5, 5.41) is 10.3. The van der Waals surface area contributed by atoms with E-state index in [0.717, 1.165) is 0 Å². The van der Waals surface area contributed by atoms with E-state index in [2.05, 4.69) is 15.0 Å². The molecule has 6 heteroatoms. The van der Waals surface area contributed by atoms with Crippen molar-refractivity contribution in [1.29, 1.82) is 0 Å². The molecule has 0 amide bonds. The molecule has 0 radical (unpaired) electrons. The van der Waals surface area contributed by atoms with Crippen LogP contribution in [-0.2, 0) is 0 Å². The molecule has 1 unspecified atom stereocenters. The van der Waals surface area contributed by atoms with Gasteiger partial charge in [-0.15, -0.1) is 0 Å². The van der Waals surface area contributed by atoms with Crippen molar-refractivity contribution in [1.82, 2.24) is 15.0 Å². The van der Waals surface area contributed by atoms with Crippen LogP contribution in [0.4, 0.5) is 0 Å².